The standard InChI is InChI=1S/C26H33ClFN3O4/c1-3-21-22(28)8-9-25(35-34-17(2)32)26(21)31-15-23(24(33)16-31)29-20-10-12-30(13-11-20)14-18-4-6-19(27)7-5-18/h4-9,20,23-24,29,33H,3,10-16H2,1-2H3/t23-,24-/m1/s1. The van der Waals surface area contributed by atoms with Crippen LogP contribution in [0.25, 0.3) is 0 Å². The minimum atomic E-state index is -0.614. The van der Waals surface area contributed by atoms with Gasteiger partial charge in [0.1, 0.15) is 5.82 Å². The van der Waals surface area contributed by atoms with Crippen LogP contribution >= 0.6 is 11.6 Å². The van der Waals surface area contributed by atoms with Crippen LogP contribution in [0.2, 0.25) is 5.02 Å². The molecular formula is C26H33ClFN3O4. The summed E-state index contributed by atoms with van der Waals surface area (Å²) < 4.78 is 14.6. The van der Waals surface area contributed by atoms with E-state index in [1.54, 1.807) is 0 Å². The molecule has 2 saturated heterocycles. The third-order valence-corrected chi connectivity index (χ3v) is 7.00. The maximum absolute atomic E-state index is 14.6. The Morgan fingerprint density at radius 3 is 2.54 bits per heavy atom. The van der Waals surface area contributed by atoms with Crippen LogP contribution in [0.3, 0.4) is 0 Å². The molecule has 0 aliphatic carbocycles. The Morgan fingerprint density at radius 2 is 1.89 bits per heavy atom. The molecule has 0 amide bonds. The highest BCUT2D eigenvalue weighted by Gasteiger charge is 2.36. The number of likely N-dealkylation sites (tertiary alicyclic amines) is 1. The molecule has 0 bridgehead atoms. The SMILES string of the molecule is CCc1c(F)ccc(OOC(C)=O)c1N1C[C@@H](O)[C@H](NC2CCN(Cc3ccc(Cl)cc3)CC2)C1. The van der Waals surface area contributed by atoms with Crippen molar-refractivity contribution in [1.82, 2.24) is 10.2 Å². The molecule has 2 fully saturated rings. The lowest BCUT2D eigenvalue weighted by molar-refractivity contribution is -0.210. The molecule has 7 nitrogen and oxygen atoms in total. The highest BCUT2D eigenvalue weighted by Crippen LogP contribution is 2.37. The summed E-state index contributed by atoms with van der Waals surface area (Å²) in [5, 5.41) is 15.2. The number of aliphatic hydroxyl groups excluding tert-OH is 1. The number of anilines is 1. The molecule has 0 unspecified atom stereocenters. The van der Waals surface area contributed by atoms with Crippen LogP contribution in [-0.2, 0) is 22.6 Å². The Balaban J connectivity index is 1.36. The number of β-amino-alcohol motifs (C(OH)–C–C–N with tert-alkyl or cyclic N) is 1. The zero-order chi connectivity index (χ0) is 24.9. The van der Waals surface area contributed by atoms with Gasteiger partial charge in [0.25, 0.3) is 0 Å². The molecule has 0 radical (unpaired) electrons. The summed E-state index contributed by atoms with van der Waals surface area (Å²) in [5.41, 5.74) is 2.24. The number of hydrogen-bond acceptors (Lipinski definition) is 7. The van der Waals surface area contributed by atoms with Crippen LogP contribution in [0, 0.1) is 5.82 Å². The van der Waals surface area contributed by atoms with E-state index >= 15 is 0 Å². The number of nitrogens with zero attached hydrogens (tertiary/aromatic N) is 2. The average molecular weight is 506 g/mol. The molecule has 0 aromatic heterocycles. The van der Waals surface area contributed by atoms with E-state index in [-0.39, 0.29) is 17.6 Å². The largest absolute Gasteiger partial charge is 0.390 e. The number of hydrogen-bond donors (Lipinski definition) is 2. The van der Waals surface area contributed by atoms with Crippen molar-refractivity contribution in [3.05, 3.63) is 58.4 Å². The maximum atomic E-state index is 14.6. The molecule has 0 saturated carbocycles. The zero-order valence-electron chi connectivity index (χ0n) is 20.2. The Morgan fingerprint density at radius 1 is 1.17 bits per heavy atom. The highest BCUT2D eigenvalue weighted by molar-refractivity contribution is 6.30. The molecule has 2 aromatic carbocycles. The first-order valence-corrected chi connectivity index (χ1v) is 12.5. The monoisotopic (exact) mass is 505 g/mol. The second-order valence-corrected chi connectivity index (χ2v) is 9.74. The molecule has 190 valence electrons. The van der Waals surface area contributed by atoms with Crippen molar-refractivity contribution in [1.29, 1.82) is 0 Å². The average Bonchev–Trinajstić information content (AvgIpc) is 3.20. The number of halogens is 2. The van der Waals surface area contributed by atoms with Gasteiger partial charge in [-0.15, -0.1) is 0 Å². The van der Waals surface area contributed by atoms with E-state index in [4.69, 9.17) is 21.4 Å². The van der Waals surface area contributed by atoms with Crippen LogP contribution in [0.1, 0.15) is 37.8 Å². The van der Waals surface area contributed by atoms with E-state index in [0.717, 1.165) is 37.5 Å². The molecule has 4 rings (SSSR count). The number of carbonyl (C=O) groups is 1. The minimum Gasteiger partial charge on any atom is -0.390 e. The fourth-order valence-corrected chi connectivity index (χ4v) is 5.11. The van der Waals surface area contributed by atoms with Gasteiger partial charge in [0.15, 0.2) is 0 Å². The van der Waals surface area contributed by atoms with Crippen LogP contribution in [-0.4, -0.2) is 60.3 Å². The second kappa shape index (κ2) is 11.6. The summed E-state index contributed by atoms with van der Waals surface area (Å²) in [6.45, 7) is 6.77. The van der Waals surface area contributed by atoms with Gasteiger partial charge >= 0.3 is 5.97 Å². The lowest BCUT2D eigenvalue weighted by Crippen LogP contribution is -2.49. The Labute approximate surface area is 210 Å². The number of carbonyl (C=O) groups excluding carboxylic acids is 1. The molecular weight excluding hydrogens is 473 g/mol. The van der Waals surface area contributed by atoms with Gasteiger partial charge in [0.05, 0.1) is 17.8 Å². The van der Waals surface area contributed by atoms with E-state index in [0.29, 0.717) is 36.8 Å². The van der Waals surface area contributed by atoms with Crippen molar-refractivity contribution >= 4 is 23.3 Å². The fourth-order valence-electron chi connectivity index (χ4n) is 4.99. The summed E-state index contributed by atoms with van der Waals surface area (Å²) in [4.78, 5) is 25.5. The van der Waals surface area contributed by atoms with Crippen molar-refractivity contribution in [2.45, 2.75) is 57.8 Å². The van der Waals surface area contributed by atoms with Crippen LogP contribution < -0.4 is 15.1 Å². The van der Waals surface area contributed by atoms with Crippen molar-refractivity contribution in [3.63, 3.8) is 0 Å². The smallest absolute Gasteiger partial charge is 0.352 e. The van der Waals surface area contributed by atoms with Gasteiger partial charge in [-0.3, -0.25) is 14.7 Å². The van der Waals surface area contributed by atoms with E-state index in [1.807, 2.05) is 24.0 Å². The predicted molar refractivity (Wildman–Crippen MR) is 133 cm³/mol. The van der Waals surface area contributed by atoms with Crippen LogP contribution in [0.5, 0.6) is 5.75 Å². The summed E-state index contributed by atoms with van der Waals surface area (Å²) in [5.74, 6) is -0.680. The number of piperidine rings is 1. The van der Waals surface area contributed by atoms with E-state index in [9.17, 15) is 14.3 Å². The van der Waals surface area contributed by atoms with Crippen molar-refractivity contribution < 1.29 is 24.1 Å². The number of rotatable bonds is 8. The molecule has 2 atom stereocenters. The third-order valence-electron chi connectivity index (χ3n) is 6.75. The minimum absolute atomic E-state index is 0.155. The first-order chi connectivity index (χ1) is 16.8. The topological polar surface area (TPSA) is 74.3 Å². The maximum Gasteiger partial charge on any atom is 0.352 e. The van der Waals surface area contributed by atoms with Gasteiger partial charge in [0, 0.05) is 43.2 Å². The second-order valence-electron chi connectivity index (χ2n) is 9.31. The first kappa shape index (κ1) is 25.7. The first-order valence-electron chi connectivity index (χ1n) is 12.2. The van der Waals surface area contributed by atoms with Gasteiger partial charge < -0.3 is 15.3 Å². The van der Waals surface area contributed by atoms with E-state index in [2.05, 4.69) is 22.3 Å². The van der Waals surface area contributed by atoms with Crippen molar-refractivity contribution in [2.75, 3.05) is 31.1 Å². The molecule has 2 aliphatic heterocycles. The van der Waals surface area contributed by atoms with Gasteiger partial charge in [-0.25, -0.2) is 9.18 Å². The van der Waals surface area contributed by atoms with Crippen LogP contribution in [0.4, 0.5) is 10.1 Å². The van der Waals surface area contributed by atoms with Gasteiger partial charge in [-0.2, -0.15) is 0 Å². The van der Waals surface area contributed by atoms with E-state index < -0.39 is 12.1 Å². The Hall–Kier alpha value is -2.39. The summed E-state index contributed by atoms with van der Waals surface area (Å²) in [6.07, 6.45) is 1.79. The third kappa shape index (κ3) is 6.44. The van der Waals surface area contributed by atoms with Gasteiger partial charge in [-0.05, 0) is 62.2 Å². The highest BCUT2D eigenvalue weighted by atomic mass is 35.5. The van der Waals surface area contributed by atoms with Gasteiger partial charge in [-0.1, -0.05) is 30.7 Å². The molecule has 9 heteroatoms. The van der Waals surface area contributed by atoms with E-state index in [1.165, 1.54) is 24.6 Å². The van der Waals surface area contributed by atoms with Crippen molar-refractivity contribution in [2.24, 2.45) is 0 Å². The predicted octanol–water partition coefficient (Wildman–Crippen LogP) is 3.70. The summed E-state index contributed by atoms with van der Waals surface area (Å²) in [7, 11) is 0. The normalized spacial score (nSPS) is 21.3. The Kier molecular flexibility index (Phi) is 8.49. The van der Waals surface area contributed by atoms with Gasteiger partial charge in [0.2, 0.25) is 5.75 Å². The number of nitrogens with one attached hydrogen (secondary N) is 1. The van der Waals surface area contributed by atoms with Crippen LogP contribution in [0.15, 0.2) is 36.4 Å². The lowest BCUT2D eigenvalue weighted by Gasteiger charge is -2.34. The molecule has 2 heterocycles. The Bertz CT molecular complexity index is 1010. The van der Waals surface area contributed by atoms with Crippen molar-refractivity contribution in [3.8, 4) is 5.75 Å². The summed E-state index contributed by atoms with van der Waals surface area (Å²) >= 11 is 5.99. The molecule has 2 aromatic rings. The zero-order valence-corrected chi connectivity index (χ0v) is 20.9. The number of aliphatic hydroxyl groups is 1. The lowest BCUT2D eigenvalue weighted by atomic mass is 10.0. The molecule has 35 heavy (non-hydrogen) atoms. The quantitative estimate of drug-likeness (QED) is 0.418. The fraction of sp³-hybridized carbons (Fsp3) is 0.500. The molecule has 2 N–H and O–H groups in total. The molecule has 2 aliphatic rings. The summed E-state index contributed by atoms with van der Waals surface area (Å²) in [6, 6.07) is 10.9. The number of benzene rings is 2. The molecule has 0 spiro atoms.